The molecule has 0 spiro atoms. The molecular weight excluding hydrogens is 281 g/mol. The Labute approximate surface area is 119 Å². The Kier molecular flexibility index (Phi) is 4.22. The van der Waals surface area contributed by atoms with E-state index in [0.717, 1.165) is 13.2 Å². The molecule has 2 N–H and O–H groups in total. The Hall–Kier alpha value is -2.83. The molecule has 0 unspecified atom stereocenters. The highest BCUT2D eigenvalue weighted by atomic mass is 19.1. The van der Waals surface area contributed by atoms with Crippen LogP contribution in [0.15, 0.2) is 34.7 Å². The number of benzene rings is 1. The number of halogens is 1. The van der Waals surface area contributed by atoms with Gasteiger partial charge in [0.2, 0.25) is 5.76 Å². The molecule has 0 radical (unpaired) electrons. The zero-order chi connectivity index (χ0) is 15.4. The molecule has 0 saturated heterocycles. The molecule has 0 aliphatic carbocycles. The fourth-order valence-corrected chi connectivity index (χ4v) is 1.68. The number of esters is 1. The predicted octanol–water partition coefficient (Wildman–Crippen LogP) is 2.52. The van der Waals surface area contributed by atoms with Crippen molar-refractivity contribution in [1.29, 1.82) is 0 Å². The number of hydrogen-bond donors (Lipinski definition) is 2. The van der Waals surface area contributed by atoms with E-state index in [9.17, 15) is 14.0 Å². The third-order valence-corrected chi connectivity index (χ3v) is 2.71. The molecule has 0 saturated carbocycles. The molecule has 1 heterocycles. The number of furan rings is 1. The molecule has 2 aromatic rings. The van der Waals surface area contributed by atoms with Gasteiger partial charge in [-0.3, -0.25) is 0 Å². The van der Waals surface area contributed by atoms with Crippen molar-refractivity contribution in [3.63, 3.8) is 0 Å². The quantitative estimate of drug-likeness (QED) is 0.823. The average molecular weight is 293 g/mol. The van der Waals surface area contributed by atoms with Crippen molar-refractivity contribution in [2.45, 2.75) is 6.54 Å². The summed E-state index contributed by atoms with van der Waals surface area (Å²) in [7, 11) is 1.16. The van der Waals surface area contributed by atoms with E-state index < -0.39 is 17.8 Å². The van der Waals surface area contributed by atoms with Crippen molar-refractivity contribution in [1.82, 2.24) is 0 Å². The molecule has 6 nitrogen and oxygen atoms in total. The fourth-order valence-electron chi connectivity index (χ4n) is 1.68. The average Bonchev–Trinajstić information content (AvgIpc) is 2.94. The molecule has 110 valence electrons. The van der Waals surface area contributed by atoms with Gasteiger partial charge in [-0.15, -0.1) is 0 Å². The minimum atomic E-state index is -1.16. The van der Waals surface area contributed by atoms with E-state index in [4.69, 9.17) is 9.52 Å². The maximum absolute atomic E-state index is 13.5. The van der Waals surface area contributed by atoms with Crippen molar-refractivity contribution in [2.75, 3.05) is 12.4 Å². The van der Waals surface area contributed by atoms with Crippen molar-refractivity contribution in [3.8, 4) is 0 Å². The van der Waals surface area contributed by atoms with Gasteiger partial charge >= 0.3 is 11.9 Å². The summed E-state index contributed by atoms with van der Waals surface area (Å²) in [4.78, 5) is 22.0. The molecule has 0 bridgehead atoms. The molecule has 0 aliphatic heterocycles. The molecule has 1 aromatic heterocycles. The van der Waals surface area contributed by atoms with Crippen LogP contribution in [0.3, 0.4) is 0 Å². The predicted molar refractivity (Wildman–Crippen MR) is 70.7 cm³/mol. The number of carbonyl (C=O) groups is 2. The largest absolute Gasteiger partial charge is 0.475 e. The van der Waals surface area contributed by atoms with Crippen LogP contribution in [0.4, 0.5) is 10.1 Å². The first-order valence-corrected chi connectivity index (χ1v) is 5.95. The Bertz CT molecular complexity index is 680. The van der Waals surface area contributed by atoms with Crippen molar-refractivity contribution >= 4 is 17.6 Å². The summed E-state index contributed by atoms with van der Waals surface area (Å²) in [6.07, 6.45) is 0. The number of carboxylic acids is 1. The zero-order valence-electron chi connectivity index (χ0n) is 11.1. The minimum absolute atomic E-state index is 0.166. The monoisotopic (exact) mass is 293 g/mol. The van der Waals surface area contributed by atoms with Gasteiger partial charge < -0.3 is 19.6 Å². The van der Waals surface area contributed by atoms with E-state index >= 15 is 0 Å². The van der Waals surface area contributed by atoms with E-state index in [0.29, 0.717) is 11.4 Å². The molecule has 0 fully saturated rings. The summed E-state index contributed by atoms with van der Waals surface area (Å²) in [6, 6.07) is 6.75. The van der Waals surface area contributed by atoms with Gasteiger partial charge in [-0.1, -0.05) is 0 Å². The van der Waals surface area contributed by atoms with E-state index in [1.807, 2.05) is 0 Å². The van der Waals surface area contributed by atoms with Crippen molar-refractivity contribution in [3.05, 3.63) is 53.2 Å². The highest BCUT2D eigenvalue weighted by Crippen LogP contribution is 2.17. The first-order valence-electron chi connectivity index (χ1n) is 5.95. The molecule has 1 aromatic carbocycles. The highest BCUT2D eigenvalue weighted by Gasteiger charge is 2.13. The molecular formula is C14H12FNO5. The SMILES string of the molecule is COC(=O)c1cc(NCc2ccc(C(=O)O)o2)ccc1F. The smallest absolute Gasteiger partial charge is 0.371 e. The van der Waals surface area contributed by atoms with Gasteiger partial charge in [0.05, 0.1) is 19.2 Å². The van der Waals surface area contributed by atoms with Crippen molar-refractivity contribution in [2.24, 2.45) is 0 Å². The Morgan fingerprint density at radius 1 is 1.33 bits per heavy atom. The lowest BCUT2D eigenvalue weighted by molar-refractivity contribution is 0.0594. The second kappa shape index (κ2) is 6.08. The van der Waals surface area contributed by atoms with Crippen LogP contribution in [0.25, 0.3) is 0 Å². The highest BCUT2D eigenvalue weighted by molar-refractivity contribution is 5.90. The number of hydrogen-bond acceptors (Lipinski definition) is 5. The van der Waals surface area contributed by atoms with Gasteiger partial charge in [-0.2, -0.15) is 0 Å². The minimum Gasteiger partial charge on any atom is -0.475 e. The van der Waals surface area contributed by atoms with Crippen LogP contribution in [0.2, 0.25) is 0 Å². The molecule has 0 aliphatic rings. The van der Waals surface area contributed by atoms with Crippen LogP contribution in [0.5, 0.6) is 0 Å². The second-order valence-corrected chi connectivity index (χ2v) is 4.11. The lowest BCUT2D eigenvalue weighted by atomic mass is 10.2. The molecule has 21 heavy (non-hydrogen) atoms. The summed E-state index contributed by atoms with van der Waals surface area (Å²) in [5.74, 6) is -2.38. The van der Waals surface area contributed by atoms with Crippen LogP contribution in [0, 0.1) is 5.82 Å². The van der Waals surface area contributed by atoms with Crippen LogP contribution in [-0.2, 0) is 11.3 Å². The van der Waals surface area contributed by atoms with E-state index in [2.05, 4.69) is 10.1 Å². The summed E-state index contributed by atoms with van der Waals surface area (Å²) >= 11 is 0. The van der Waals surface area contributed by atoms with Gasteiger partial charge in [-0.25, -0.2) is 14.0 Å². The lowest BCUT2D eigenvalue weighted by Gasteiger charge is -2.07. The number of ether oxygens (including phenoxy) is 1. The maximum Gasteiger partial charge on any atom is 0.371 e. The normalized spacial score (nSPS) is 10.2. The second-order valence-electron chi connectivity index (χ2n) is 4.11. The van der Waals surface area contributed by atoms with Gasteiger partial charge in [0.25, 0.3) is 0 Å². The molecule has 7 heteroatoms. The molecule has 0 atom stereocenters. The van der Waals surface area contributed by atoms with E-state index in [-0.39, 0.29) is 17.9 Å². The maximum atomic E-state index is 13.5. The standard InChI is InChI=1S/C14H12FNO5/c1-20-14(19)10-6-8(2-4-11(10)15)16-7-9-3-5-12(21-9)13(17)18/h2-6,16H,7H2,1H3,(H,17,18). The number of aromatic carboxylic acids is 1. The zero-order valence-corrected chi connectivity index (χ0v) is 11.1. The number of carbonyl (C=O) groups excluding carboxylic acids is 1. The molecule has 0 amide bonds. The third-order valence-electron chi connectivity index (χ3n) is 2.71. The van der Waals surface area contributed by atoms with Gasteiger partial charge in [0.1, 0.15) is 11.6 Å². The van der Waals surface area contributed by atoms with Gasteiger partial charge in [-0.05, 0) is 30.3 Å². The van der Waals surface area contributed by atoms with E-state index in [1.165, 1.54) is 24.3 Å². The number of rotatable bonds is 5. The van der Waals surface area contributed by atoms with Crippen LogP contribution in [-0.4, -0.2) is 24.2 Å². The summed E-state index contributed by atoms with van der Waals surface area (Å²) in [5.41, 5.74) is 0.290. The summed E-state index contributed by atoms with van der Waals surface area (Å²) < 4.78 is 23.0. The summed E-state index contributed by atoms with van der Waals surface area (Å²) in [6.45, 7) is 0.194. The first kappa shape index (κ1) is 14.6. The summed E-state index contributed by atoms with van der Waals surface area (Å²) in [5, 5.41) is 11.6. The fraction of sp³-hybridized carbons (Fsp3) is 0.143. The van der Waals surface area contributed by atoms with Crippen LogP contribution < -0.4 is 5.32 Å². The number of anilines is 1. The van der Waals surface area contributed by atoms with Gasteiger partial charge in [0, 0.05) is 5.69 Å². The lowest BCUT2D eigenvalue weighted by Crippen LogP contribution is -2.06. The Morgan fingerprint density at radius 2 is 2.10 bits per heavy atom. The number of carboxylic acid groups (broad SMARTS) is 1. The number of methoxy groups -OCH3 is 1. The van der Waals surface area contributed by atoms with Crippen LogP contribution >= 0.6 is 0 Å². The Balaban J connectivity index is 2.09. The van der Waals surface area contributed by atoms with Crippen molar-refractivity contribution < 1.29 is 28.2 Å². The first-order chi connectivity index (χ1) is 10.0. The van der Waals surface area contributed by atoms with E-state index in [1.54, 1.807) is 0 Å². The number of nitrogens with one attached hydrogen (secondary N) is 1. The topological polar surface area (TPSA) is 88.8 Å². The molecule has 2 rings (SSSR count). The third kappa shape index (κ3) is 3.38. The Morgan fingerprint density at radius 3 is 2.71 bits per heavy atom. The van der Waals surface area contributed by atoms with Gasteiger partial charge in [0.15, 0.2) is 0 Å². The van der Waals surface area contributed by atoms with Crippen LogP contribution in [0.1, 0.15) is 26.7 Å².